The second kappa shape index (κ2) is 5.89. The quantitative estimate of drug-likeness (QED) is 0.786. The van der Waals surface area contributed by atoms with Crippen LogP contribution in [0.3, 0.4) is 0 Å². The van der Waals surface area contributed by atoms with Crippen LogP contribution in [0.15, 0.2) is 24.4 Å². The van der Waals surface area contributed by atoms with E-state index in [0.29, 0.717) is 18.3 Å². The third-order valence-corrected chi connectivity index (χ3v) is 3.23. The van der Waals surface area contributed by atoms with Crippen LogP contribution in [0, 0.1) is 0 Å². The lowest BCUT2D eigenvalue weighted by molar-refractivity contribution is 0.0897. The number of nitrogens with zero attached hydrogens (tertiary/aromatic N) is 2. The van der Waals surface area contributed by atoms with Gasteiger partial charge in [0, 0.05) is 18.8 Å². The average Bonchev–Trinajstić information content (AvgIpc) is 2.40. The van der Waals surface area contributed by atoms with E-state index in [4.69, 9.17) is 0 Å². The van der Waals surface area contributed by atoms with E-state index in [-0.39, 0.29) is 5.78 Å². The van der Waals surface area contributed by atoms with Gasteiger partial charge in [-0.2, -0.15) is 0 Å². The Hall–Kier alpha value is -1.26. The molecular weight excluding hydrogens is 214 g/mol. The van der Waals surface area contributed by atoms with Gasteiger partial charge in [-0.15, -0.1) is 0 Å². The molecule has 1 fully saturated rings. The van der Waals surface area contributed by atoms with Gasteiger partial charge in [-0.25, -0.2) is 0 Å². The van der Waals surface area contributed by atoms with E-state index < -0.39 is 0 Å². The molecule has 1 N–H and O–H groups in total. The highest BCUT2D eigenvalue weighted by Gasteiger charge is 2.20. The lowest BCUT2D eigenvalue weighted by Gasteiger charge is -2.31. The first-order chi connectivity index (χ1) is 8.29. The summed E-state index contributed by atoms with van der Waals surface area (Å²) in [7, 11) is 1.98. The Morgan fingerprint density at radius 3 is 3.18 bits per heavy atom. The first-order valence-corrected chi connectivity index (χ1v) is 6.13. The maximum absolute atomic E-state index is 12.0. The summed E-state index contributed by atoms with van der Waals surface area (Å²) >= 11 is 0. The zero-order chi connectivity index (χ0) is 12.1. The largest absolute Gasteiger partial charge is 0.316 e. The summed E-state index contributed by atoms with van der Waals surface area (Å²) in [6.07, 6.45) is 4.02. The van der Waals surface area contributed by atoms with Gasteiger partial charge in [-0.05, 0) is 38.6 Å². The Labute approximate surface area is 102 Å². The van der Waals surface area contributed by atoms with Gasteiger partial charge in [0.05, 0.1) is 6.54 Å². The second-order valence-electron chi connectivity index (χ2n) is 4.50. The number of piperidine rings is 1. The number of rotatable bonds is 4. The molecule has 92 valence electrons. The zero-order valence-corrected chi connectivity index (χ0v) is 10.2. The third-order valence-electron chi connectivity index (χ3n) is 3.23. The van der Waals surface area contributed by atoms with Gasteiger partial charge in [-0.1, -0.05) is 6.07 Å². The van der Waals surface area contributed by atoms with Gasteiger partial charge in [0.25, 0.3) is 0 Å². The van der Waals surface area contributed by atoms with E-state index in [1.165, 1.54) is 6.42 Å². The van der Waals surface area contributed by atoms with E-state index in [1.807, 2.05) is 19.2 Å². The van der Waals surface area contributed by atoms with Crippen LogP contribution in [-0.4, -0.2) is 48.4 Å². The average molecular weight is 233 g/mol. The van der Waals surface area contributed by atoms with Crippen LogP contribution in [0.2, 0.25) is 0 Å². The minimum atomic E-state index is 0.113. The van der Waals surface area contributed by atoms with Crippen molar-refractivity contribution in [2.24, 2.45) is 0 Å². The van der Waals surface area contributed by atoms with E-state index >= 15 is 0 Å². The molecule has 0 aliphatic carbocycles. The van der Waals surface area contributed by atoms with Crippen molar-refractivity contribution in [3.8, 4) is 0 Å². The summed E-state index contributed by atoms with van der Waals surface area (Å²) in [5.74, 6) is 0.113. The molecular formula is C13H19N3O. The molecule has 1 saturated heterocycles. The highest BCUT2D eigenvalue weighted by atomic mass is 16.1. The number of carbonyl (C=O) groups is 1. The molecule has 0 bridgehead atoms. The van der Waals surface area contributed by atoms with E-state index in [1.54, 1.807) is 12.3 Å². The Balaban J connectivity index is 1.90. The fourth-order valence-electron chi connectivity index (χ4n) is 2.25. The standard InChI is InChI=1S/C13H19N3O/c1-14-11-5-4-8-16(9-11)10-13(17)12-6-2-3-7-15-12/h2-3,6-7,11,14H,4-5,8-10H2,1H3/t11-/m1/s1. The number of carbonyl (C=O) groups excluding carboxylic acids is 1. The fraction of sp³-hybridized carbons (Fsp3) is 0.538. The lowest BCUT2D eigenvalue weighted by Crippen LogP contribution is -2.46. The monoisotopic (exact) mass is 233 g/mol. The lowest BCUT2D eigenvalue weighted by atomic mass is 10.1. The number of hydrogen-bond acceptors (Lipinski definition) is 4. The summed E-state index contributed by atoms with van der Waals surface area (Å²) in [4.78, 5) is 18.3. The van der Waals surface area contributed by atoms with Gasteiger partial charge < -0.3 is 5.32 Å². The van der Waals surface area contributed by atoms with Crippen molar-refractivity contribution < 1.29 is 4.79 Å². The predicted octanol–water partition coefficient (Wildman–Crippen LogP) is 0.948. The van der Waals surface area contributed by atoms with Crippen LogP contribution in [-0.2, 0) is 0 Å². The van der Waals surface area contributed by atoms with E-state index in [0.717, 1.165) is 19.5 Å². The van der Waals surface area contributed by atoms with Crippen molar-refractivity contribution >= 4 is 5.78 Å². The highest BCUT2D eigenvalue weighted by Crippen LogP contribution is 2.10. The molecule has 4 heteroatoms. The molecule has 0 radical (unpaired) electrons. The van der Waals surface area contributed by atoms with E-state index in [9.17, 15) is 4.79 Å². The Morgan fingerprint density at radius 1 is 1.59 bits per heavy atom. The summed E-state index contributed by atoms with van der Waals surface area (Å²) in [6, 6.07) is 5.98. The first-order valence-electron chi connectivity index (χ1n) is 6.13. The van der Waals surface area contributed by atoms with Gasteiger partial charge in [0.1, 0.15) is 5.69 Å². The molecule has 1 aromatic rings. The fourth-order valence-corrected chi connectivity index (χ4v) is 2.25. The normalized spacial score (nSPS) is 21.4. The SMILES string of the molecule is CN[C@@H]1CCCN(CC(=O)c2ccccn2)C1. The van der Waals surface area contributed by atoms with Crippen LogP contribution in [0.4, 0.5) is 0 Å². The second-order valence-corrected chi connectivity index (χ2v) is 4.50. The number of ketones is 1. The molecule has 0 spiro atoms. The maximum Gasteiger partial charge on any atom is 0.195 e. The molecule has 0 aromatic carbocycles. The molecule has 2 heterocycles. The van der Waals surface area contributed by atoms with Gasteiger partial charge in [-0.3, -0.25) is 14.7 Å². The van der Waals surface area contributed by atoms with Crippen LogP contribution >= 0.6 is 0 Å². The van der Waals surface area contributed by atoms with Gasteiger partial charge >= 0.3 is 0 Å². The Morgan fingerprint density at radius 2 is 2.47 bits per heavy atom. The van der Waals surface area contributed by atoms with Gasteiger partial charge in [0.15, 0.2) is 5.78 Å². The maximum atomic E-state index is 12.0. The Bertz CT molecular complexity index is 366. The molecule has 1 aliphatic heterocycles. The van der Waals surface area contributed by atoms with Crippen molar-refractivity contribution in [2.45, 2.75) is 18.9 Å². The highest BCUT2D eigenvalue weighted by molar-refractivity contribution is 5.95. The molecule has 17 heavy (non-hydrogen) atoms. The van der Waals surface area contributed by atoms with Crippen LogP contribution in [0.5, 0.6) is 0 Å². The number of nitrogens with one attached hydrogen (secondary N) is 1. The Kier molecular flexibility index (Phi) is 4.23. The number of Topliss-reactive ketones (excluding diaryl/α,β-unsaturated/α-hetero) is 1. The van der Waals surface area contributed by atoms with Gasteiger partial charge in [0.2, 0.25) is 0 Å². The molecule has 4 nitrogen and oxygen atoms in total. The smallest absolute Gasteiger partial charge is 0.195 e. The zero-order valence-electron chi connectivity index (χ0n) is 10.2. The molecule has 0 unspecified atom stereocenters. The van der Waals surface area contributed by atoms with Crippen LogP contribution in [0.25, 0.3) is 0 Å². The molecule has 2 rings (SSSR count). The summed E-state index contributed by atoms with van der Waals surface area (Å²) in [5.41, 5.74) is 0.569. The summed E-state index contributed by atoms with van der Waals surface area (Å²) in [6.45, 7) is 2.45. The number of likely N-dealkylation sites (N-methyl/N-ethyl adjacent to an activating group) is 1. The number of pyridine rings is 1. The number of likely N-dealkylation sites (tertiary alicyclic amines) is 1. The molecule has 0 saturated carbocycles. The first kappa shape index (κ1) is 12.2. The van der Waals surface area contributed by atoms with Crippen LogP contribution in [0.1, 0.15) is 23.3 Å². The number of aromatic nitrogens is 1. The molecule has 1 atom stereocenters. The third kappa shape index (κ3) is 3.35. The minimum absolute atomic E-state index is 0.113. The molecule has 0 amide bonds. The van der Waals surface area contributed by atoms with Crippen molar-refractivity contribution in [1.29, 1.82) is 0 Å². The molecule has 1 aliphatic rings. The van der Waals surface area contributed by atoms with Crippen molar-refractivity contribution in [3.05, 3.63) is 30.1 Å². The summed E-state index contributed by atoms with van der Waals surface area (Å²) in [5, 5.41) is 3.28. The topological polar surface area (TPSA) is 45.2 Å². The van der Waals surface area contributed by atoms with Crippen molar-refractivity contribution in [3.63, 3.8) is 0 Å². The van der Waals surface area contributed by atoms with Crippen molar-refractivity contribution in [2.75, 3.05) is 26.7 Å². The van der Waals surface area contributed by atoms with E-state index in [2.05, 4.69) is 15.2 Å². The summed E-state index contributed by atoms with van der Waals surface area (Å²) < 4.78 is 0. The minimum Gasteiger partial charge on any atom is -0.316 e. The molecule has 1 aromatic heterocycles. The van der Waals surface area contributed by atoms with Crippen molar-refractivity contribution in [1.82, 2.24) is 15.2 Å². The van der Waals surface area contributed by atoms with Crippen LogP contribution < -0.4 is 5.32 Å². The number of hydrogen-bond donors (Lipinski definition) is 1. The predicted molar refractivity (Wildman–Crippen MR) is 67.1 cm³/mol.